The highest BCUT2D eigenvalue weighted by Gasteiger charge is 2.35. The highest BCUT2D eigenvalue weighted by atomic mass is 32.2. The number of nitrogens with zero attached hydrogens (tertiary/aromatic N) is 3. The number of rotatable bonds is 7. The highest BCUT2D eigenvalue weighted by molar-refractivity contribution is 7.89. The number of hydrogen-bond donors (Lipinski definition) is 3. The van der Waals surface area contributed by atoms with E-state index in [9.17, 15) is 18.7 Å². The molecule has 1 aromatic carbocycles. The molecule has 2 aromatic heterocycles. The van der Waals surface area contributed by atoms with Crippen LogP contribution in [0.4, 0.5) is 17.3 Å². The zero-order valence-electron chi connectivity index (χ0n) is 18.7. The molecular formula is C20H27N5O6S. The van der Waals surface area contributed by atoms with Crippen LogP contribution >= 0.6 is 0 Å². The smallest absolute Gasteiger partial charge is 0.320 e. The van der Waals surface area contributed by atoms with E-state index in [2.05, 4.69) is 15.8 Å². The minimum Gasteiger partial charge on any atom is -0.504 e. The second-order valence-corrected chi connectivity index (χ2v) is 10.7. The summed E-state index contributed by atoms with van der Waals surface area (Å²) in [5.41, 5.74) is -0.334. The third-order valence-corrected chi connectivity index (χ3v) is 6.66. The molecular weight excluding hydrogens is 438 g/mol. The molecule has 2 heterocycles. The summed E-state index contributed by atoms with van der Waals surface area (Å²) in [6, 6.07) is 7.40. The number of sulfonamides is 1. The largest absolute Gasteiger partial charge is 0.504 e. The average molecular weight is 466 g/mol. The van der Waals surface area contributed by atoms with E-state index in [1.165, 1.54) is 32.3 Å². The van der Waals surface area contributed by atoms with E-state index in [4.69, 9.17) is 9.05 Å². The van der Waals surface area contributed by atoms with Crippen molar-refractivity contribution < 1.29 is 27.5 Å². The van der Waals surface area contributed by atoms with E-state index in [1.54, 1.807) is 0 Å². The Hall–Kier alpha value is -3.25. The van der Waals surface area contributed by atoms with Crippen LogP contribution in [0.1, 0.15) is 38.3 Å². The van der Waals surface area contributed by atoms with Crippen LogP contribution in [0.3, 0.4) is 0 Å². The van der Waals surface area contributed by atoms with Gasteiger partial charge >= 0.3 is 11.6 Å². The Kier molecular flexibility index (Phi) is 6.11. The maximum atomic E-state index is 12.5. The molecule has 0 spiro atoms. The molecule has 174 valence electrons. The van der Waals surface area contributed by atoms with Gasteiger partial charge in [0.25, 0.3) is 0 Å². The average Bonchev–Trinajstić information content (AvgIpc) is 3.26. The molecule has 0 unspecified atom stereocenters. The fraction of sp³-hybridized carbons (Fsp3) is 0.400. The third-order valence-electron chi connectivity index (χ3n) is 4.82. The summed E-state index contributed by atoms with van der Waals surface area (Å²) < 4.78 is 36.4. The number of nitrogens with one attached hydrogen (secondary N) is 2. The van der Waals surface area contributed by atoms with Crippen LogP contribution in [0, 0.1) is 17.5 Å². The van der Waals surface area contributed by atoms with E-state index in [0.717, 1.165) is 10.1 Å². The summed E-state index contributed by atoms with van der Waals surface area (Å²) in [5.74, 6) is 0.732. The van der Waals surface area contributed by atoms with Crippen molar-refractivity contribution in [2.75, 3.05) is 24.7 Å². The van der Waals surface area contributed by atoms with Crippen LogP contribution in [0.2, 0.25) is 0 Å². The van der Waals surface area contributed by atoms with Crippen molar-refractivity contribution in [3.05, 3.63) is 47.1 Å². The summed E-state index contributed by atoms with van der Waals surface area (Å²) >= 11 is 0. The molecule has 0 saturated heterocycles. The van der Waals surface area contributed by atoms with Gasteiger partial charge in [-0.1, -0.05) is 31.7 Å². The normalized spacial score (nSPS) is 13.3. The van der Waals surface area contributed by atoms with Gasteiger partial charge in [0.15, 0.2) is 5.75 Å². The fourth-order valence-electron chi connectivity index (χ4n) is 3.07. The van der Waals surface area contributed by atoms with Gasteiger partial charge in [-0.3, -0.25) is 5.32 Å². The van der Waals surface area contributed by atoms with Gasteiger partial charge in [0.1, 0.15) is 22.5 Å². The Morgan fingerprint density at radius 3 is 2.47 bits per heavy atom. The van der Waals surface area contributed by atoms with Crippen molar-refractivity contribution in [1.29, 1.82) is 0 Å². The van der Waals surface area contributed by atoms with E-state index in [0.29, 0.717) is 5.76 Å². The zero-order chi connectivity index (χ0) is 23.8. The number of aryl methyl sites for hydroxylation is 1. The van der Waals surface area contributed by atoms with Crippen molar-refractivity contribution in [3.8, 4) is 5.75 Å². The predicted octanol–water partition coefficient (Wildman–Crippen LogP) is 3.11. The molecule has 0 bridgehead atoms. The van der Waals surface area contributed by atoms with Crippen LogP contribution < -0.4 is 15.5 Å². The topological polar surface area (TPSA) is 148 Å². The first kappa shape index (κ1) is 23.4. The Bertz CT molecular complexity index is 1210. The van der Waals surface area contributed by atoms with Gasteiger partial charge in [0, 0.05) is 19.5 Å². The predicted molar refractivity (Wildman–Crippen MR) is 117 cm³/mol. The standard InChI is InChI=1S/C20H27N5O6S/c1-12-10-11-14(30-12)17(20(2,3)4)22-19-18(23-31-25(19)27)21-13-8-7-9-15(16(13)26)32(28,29)24(5)6/h7-11,17,22,26H,1-6H3,(H,21,23)/t17-/m0/s1. The lowest BCUT2D eigenvalue weighted by Gasteiger charge is -2.27. The molecule has 0 aliphatic rings. The van der Waals surface area contributed by atoms with E-state index in [-0.39, 0.29) is 32.5 Å². The van der Waals surface area contributed by atoms with Crippen molar-refractivity contribution in [2.45, 2.75) is 38.6 Å². The lowest BCUT2D eigenvalue weighted by molar-refractivity contribution is -0.791. The lowest BCUT2D eigenvalue weighted by Crippen LogP contribution is -2.33. The molecule has 12 heteroatoms. The molecule has 0 saturated carbocycles. The molecule has 3 N–H and O–H groups in total. The van der Waals surface area contributed by atoms with Gasteiger partial charge in [-0.05, 0) is 36.3 Å². The minimum atomic E-state index is -3.89. The van der Waals surface area contributed by atoms with E-state index < -0.39 is 21.8 Å². The Morgan fingerprint density at radius 1 is 1.22 bits per heavy atom. The third kappa shape index (κ3) is 4.50. The van der Waals surface area contributed by atoms with Crippen LogP contribution in [0.5, 0.6) is 5.75 Å². The van der Waals surface area contributed by atoms with Gasteiger partial charge in [0.2, 0.25) is 10.0 Å². The fourth-order valence-corrected chi connectivity index (χ4v) is 4.07. The Labute approximate surface area is 186 Å². The first-order chi connectivity index (χ1) is 14.8. The molecule has 32 heavy (non-hydrogen) atoms. The van der Waals surface area contributed by atoms with Gasteiger partial charge in [-0.15, -0.1) is 0 Å². The summed E-state index contributed by atoms with van der Waals surface area (Å²) in [7, 11) is -1.18. The van der Waals surface area contributed by atoms with Gasteiger partial charge < -0.3 is 24.7 Å². The number of anilines is 3. The first-order valence-electron chi connectivity index (χ1n) is 9.76. The van der Waals surface area contributed by atoms with E-state index >= 15 is 0 Å². The molecule has 11 nitrogen and oxygen atoms in total. The SMILES string of the molecule is Cc1ccc([C@H](Nc2c(Nc3cccc(S(=O)(=O)N(C)C)c3O)no[n+]2[O-])C(C)(C)C)o1. The van der Waals surface area contributed by atoms with Gasteiger partial charge in [-0.2, -0.15) is 0 Å². The molecule has 3 rings (SSSR count). The number of phenolic OH excluding ortho intramolecular Hbond substituents is 1. The first-order valence-corrected chi connectivity index (χ1v) is 11.2. The van der Waals surface area contributed by atoms with E-state index in [1.807, 2.05) is 39.8 Å². The maximum absolute atomic E-state index is 12.5. The van der Waals surface area contributed by atoms with Crippen molar-refractivity contribution in [3.63, 3.8) is 0 Å². The van der Waals surface area contributed by atoms with Crippen LogP contribution in [0.15, 0.2) is 44.3 Å². The summed E-state index contributed by atoms with van der Waals surface area (Å²) in [6.07, 6.45) is 0. The van der Waals surface area contributed by atoms with Crippen LogP contribution in [-0.4, -0.2) is 37.1 Å². The van der Waals surface area contributed by atoms with Gasteiger partial charge in [0.05, 0.1) is 5.69 Å². The lowest BCUT2D eigenvalue weighted by atomic mass is 9.85. The number of hydrogen-bond acceptors (Lipinski definition) is 9. The molecule has 0 amide bonds. The number of furan rings is 1. The van der Waals surface area contributed by atoms with Crippen molar-refractivity contribution in [1.82, 2.24) is 9.46 Å². The quantitative estimate of drug-likeness (QED) is 0.353. The zero-order valence-corrected chi connectivity index (χ0v) is 19.5. The van der Waals surface area contributed by atoms with Crippen molar-refractivity contribution >= 4 is 27.3 Å². The number of aromatic hydroxyl groups is 1. The second kappa shape index (κ2) is 8.36. The maximum Gasteiger partial charge on any atom is 0.320 e. The molecule has 1 atom stereocenters. The molecule has 0 radical (unpaired) electrons. The van der Waals surface area contributed by atoms with Crippen LogP contribution in [-0.2, 0) is 10.0 Å². The summed E-state index contributed by atoms with van der Waals surface area (Å²) in [4.78, 5) is -0.104. The Balaban J connectivity index is 1.98. The molecule has 3 aromatic rings. The number of para-hydroxylation sites is 1. The summed E-state index contributed by atoms with van der Waals surface area (Å²) in [6.45, 7) is 7.74. The van der Waals surface area contributed by atoms with Crippen molar-refractivity contribution in [2.24, 2.45) is 5.41 Å². The second-order valence-electron chi connectivity index (χ2n) is 8.58. The number of aromatic nitrogens is 2. The number of benzene rings is 1. The number of phenols is 1. The van der Waals surface area contributed by atoms with Gasteiger partial charge in [-0.25, -0.2) is 12.7 Å². The minimum absolute atomic E-state index is 0.0334. The highest BCUT2D eigenvalue weighted by Crippen LogP contribution is 2.39. The molecule has 0 fully saturated rings. The van der Waals surface area contributed by atoms with Crippen LogP contribution in [0.25, 0.3) is 0 Å². The molecule has 0 aliphatic carbocycles. The molecule has 0 aliphatic heterocycles. The monoisotopic (exact) mass is 465 g/mol. The summed E-state index contributed by atoms with van der Waals surface area (Å²) in [5, 5.41) is 32.5. The Morgan fingerprint density at radius 2 is 1.91 bits per heavy atom.